The number of para-hydroxylation sites is 1. The van der Waals surface area contributed by atoms with Gasteiger partial charge in [0, 0.05) is 32.3 Å². The third kappa shape index (κ3) is 6.68. The van der Waals surface area contributed by atoms with E-state index in [1.54, 1.807) is 0 Å². The van der Waals surface area contributed by atoms with E-state index >= 15 is 0 Å². The van der Waals surface area contributed by atoms with E-state index in [0.717, 1.165) is 60.1 Å². The minimum Gasteiger partial charge on any atom is -0.362 e. The molecule has 188 valence electrons. The summed E-state index contributed by atoms with van der Waals surface area (Å²) in [4.78, 5) is 24.7. The molecular weight excluding hydrogens is 521 g/mol. The Labute approximate surface area is 227 Å². The summed E-state index contributed by atoms with van der Waals surface area (Å²) in [5.74, 6) is 3.50. The second kappa shape index (κ2) is 12.2. The Balaban J connectivity index is 1.18. The van der Waals surface area contributed by atoms with Crippen LogP contribution in [0.2, 0.25) is 14.4 Å². The largest absolute Gasteiger partial charge is 0.362 e. The van der Waals surface area contributed by atoms with E-state index in [0.29, 0.717) is 25.7 Å². The number of aryl methyl sites for hydroxylation is 1. The maximum atomic E-state index is 12.5. The van der Waals surface area contributed by atoms with Gasteiger partial charge < -0.3 is 4.90 Å². The molecule has 8 heteroatoms. The molecule has 0 bridgehead atoms. The van der Waals surface area contributed by atoms with E-state index in [9.17, 15) is 4.79 Å². The number of benzene rings is 1. The van der Waals surface area contributed by atoms with Gasteiger partial charge >= 0.3 is 0 Å². The van der Waals surface area contributed by atoms with Crippen LogP contribution >= 0.6 is 46.1 Å². The predicted molar refractivity (Wildman–Crippen MR) is 150 cm³/mol. The van der Waals surface area contributed by atoms with Gasteiger partial charge in [-0.3, -0.25) is 4.79 Å². The highest BCUT2D eigenvalue weighted by Gasteiger charge is 2.23. The van der Waals surface area contributed by atoms with Crippen LogP contribution in [0.4, 0.5) is 5.82 Å². The molecule has 0 N–H and O–H groups in total. The summed E-state index contributed by atoms with van der Waals surface area (Å²) in [6.45, 7) is 0. The second-order valence-corrected chi connectivity index (χ2v) is 12.2. The maximum Gasteiger partial charge on any atom is 0.174 e. The number of hydrogen-bond donors (Lipinski definition) is 0. The zero-order valence-electron chi connectivity index (χ0n) is 20.3. The third-order valence-corrected chi connectivity index (χ3v) is 9.67. The standard InChI is InChI=1S/C27H32Cl3N3OS/c1-33(2)27-19-9-3-4-10-20(19)31-22(32-27)12-6-8-18-15-13-17(14-16-18)7-5-11-21(34)25-23(28)24(29)26(30)35-25/h3-4,9-10,17-18H,5-8,11-16H2,1-2H3. The van der Waals surface area contributed by atoms with E-state index in [2.05, 4.69) is 17.0 Å². The zero-order valence-corrected chi connectivity index (χ0v) is 23.4. The lowest BCUT2D eigenvalue weighted by molar-refractivity contribution is 0.0980. The van der Waals surface area contributed by atoms with Gasteiger partial charge in [-0.2, -0.15) is 0 Å². The third-order valence-electron chi connectivity index (χ3n) is 7.06. The maximum absolute atomic E-state index is 12.5. The summed E-state index contributed by atoms with van der Waals surface area (Å²) in [5.41, 5.74) is 1.02. The molecule has 0 unspecified atom stereocenters. The molecule has 0 radical (unpaired) electrons. The van der Waals surface area contributed by atoms with Crippen molar-refractivity contribution >= 4 is 68.6 Å². The lowest BCUT2D eigenvalue weighted by atomic mass is 9.78. The Kier molecular flexibility index (Phi) is 9.31. The molecule has 1 aliphatic rings. The summed E-state index contributed by atoms with van der Waals surface area (Å²) in [6.07, 6.45) is 10.9. The lowest BCUT2D eigenvalue weighted by Gasteiger charge is -2.28. The summed E-state index contributed by atoms with van der Waals surface area (Å²) >= 11 is 19.3. The van der Waals surface area contributed by atoms with Crippen LogP contribution in [-0.4, -0.2) is 29.8 Å². The average Bonchev–Trinajstić information content (AvgIpc) is 3.11. The second-order valence-electron chi connectivity index (χ2n) is 9.80. The smallest absolute Gasteiger partial charge is 0.174 e. The van der Waals surface area contributed by atoms with E-state index in [4.69, 9.17) is 44.8 Å². The Bertz CT molecular complexity index is 1170. The molecule has 0 saturated heterocycles. The fourth-order valence-electron chi connectivity index (χ4n) is 5.13. The van der Waals surface area contributed by atoms with Gasteiger partial charge in [0.05, 0.1) is 20.4 Å². The van der Waals surface area contributed by atoms with E-state index in [1.807, 2.05) is 26.2 Å². The minimum absolute atomic E-state index is 0.0517. The predicted octanol–water partition coefficient (Wildman–Crippen LogP) is 8.90. The normalized spacial score (nSPS) is 18.2. The highest BCUT2D eigenvalue weighted by atomic mass is 35.5. The summed E-state index contributed by atoms with van der Waals surface area (Å²) < 4.78 is 0.392. The van der Waals surface area contributed by atoms with Gasteiger partial charge in [-0.05, 0) is 36.8 Å². The molecule has 0 spiro atoms. The SMILES string of the molecule is CN(C)c1nc(CCCC2CCC(CCCC(=O)c3sc(Cl)c(Cl)c3Cl)CC2)nc2ccccc12. The lowest BCUT2D eigenvalue weighted by Crippen LogP contribution is -2.16. The Morgan fingerprint density at radius 2 is 1.63 bits per heavy atom. The summed E-state index contributed by atoms with van der Waals surface area (Å²) in [5, 5.41) is 1.71. The van der Waals surface area contributed by atoms with Crippen molar-refractivity contribution in [3.8, 4) is 0 Å². The fourth-order valence-corrected chi connectivity index (χ4v) is 6.92. The van der Waals surface area contributed by atoms with Crippen molar-refractivity contribution < 1.29 is 4.79 Å². The van der Waals surface area contributed by atoms with Crippen LogP contribution in [0.15, 0.2) is 24.3 Å². The number of hydrogen-bond acceptors (Lipinski definition) is 5. The first-order valence-electron chi connectivity index (χ1n) is 12.4. The van der Waals surface area contributed by atoms with Crippen LogP contribution < -0.4 is 4.90 Å². The summed E-state index contributed by atoms with van der Waals surface area (Å²) in [7, 11) is 4.07. The number of ketones is 1. The molecular formula is C27H32Cl3N3OS. The number of carbonyl (C=O) groups excluding carboxylic acids is 1. The monoisotopic (exact) mass is 551 g/mol. The molecule has 1 aliphatic carbocycles. The van der Waals surface area contributed by atoms with Crippen LogP contribution in [0.5, 0.6) is 0 Å². The highest BCUT2D eigenvalue weighted by Crippen LogP contribution is 2.41. The van der Waals surface area contributed by atoms with Gasteiger partial charge in [-0.1, -0.05) is 85.5 Å². The van der Waals surface area contributed by atoms with Crippen LogP contribution in [0.25, 0.3) is 10.9 Å². The molecule has 2 aromatic heterocycles. The number of carbonyl (C=O) groups is 1. The Morgan fingerprint density at radius 3 is 2.26 bits per heavy atom. The van der Waals surface area contributed by atoms with Crippen LogP contribution in [0, 0.1) is 11.8 Å². The number of anilines is 1. The van der Waals surface area contributed by atoms with Crippen molar-refractivity contribution in [2.24, 2.45) is 11.8 Å². The zero-order chi connectivity index (χ0) is 24.9. The molecule has 3 aromatic rings. The van der Waals surface area contributed by atoms with Crippen molar-refractivity contribution in [2.75, 3.05) is 19.0 Å². The number of fused-ring (bicyclic) bond motifs is 1. The van der Waals surface area contributed by atoms with Crippen LogP contribution in [-0.2, 0) is 6.42 Å². The number of Topliss-reactive ketones (excluding diaryl/α,β-unsaturated/α-hetero) is 1. The topological polar surface area (TPSA) is 46.1 Å². The van der Waals surface area contributed by atoms with E-state index < -0.39 is 0 Å². The Hall–Kier alpha value is -1.40. The quantitative estimate of drug-likeness (QED) is 0.236. The number of thiophene rings is 1. The molecule has 4 rings (SSSR count). The van der Waals surface area contributed by atoms with Gasteiger partial charge in [0.25, 0.3) is 0 Å². The number of nitrogens with zero attached hydrogens (tertiary/aromatic N) is 3. The molecule has 1 saturated carbocycles. The molecule has 1 fully saturated rings. The number of aromatic nitrogens is 2. The van der Waals surface area contributed by atoms with Crippen molar-refractivity contribution in [3.63, 3.8) is 0 Å². The molecule has 0 aliphatic heterocycles. The van der Waals surface area contributed by atoms with Crippen molar-refractivity contribution in [1.82, 2.24) is 9.97 Å². The van der Waals surface area contributed by atoms with Gasteiger partial charge in [0.2, 0.25) is 0 Å². The van der Waals surface area contributed by atoms with Gasteiger partial charge in [-0.15, -0.1) is 11.3 Å². The highest BCUT2D eigenvalue weighted by molar-refractivity contribution is 7.19. The Morgan fingerprint density at radius 1 is 0.971 bits per heavy atom. The molecule has 4 nitrogen and oxygen atoms in total. The van der Waals surface area contributed by atoms with E-state index in [1.165, 1.54) is 43.4 Å². The first-order chi connectivity index (χ1) is 16.8. The van der Waals surface area contributed by atoms with Crippen molar-refractivity contribution in [3.05, 3.63) is 49.3 Å². The molecule has 2 heterocycles. The minimum atomic E-state index is 0.0517. The summed E-state index contributed by atoms with van der Waals surface area (Å²) in [6, 6.07) is 8.24. The average molecular weight is 553 g/mol. The molecule has 35 heavy (non-hydrogen) atoms. The van der Waals surface area contributed by atoms with Crippen molar-refractivity contribution in [1.29, 1.82) is 0 Å². The van der Waals surface area contributed by atoms with Gasteiger partial charge in [-0.25, -0.2) is 9.97 Å². The molecule has 0 amide bonds. The first kappa shape index (κ1) is 26.7. The molecule has 0 atom stereocenters. The number of halogens is 3. The molecule has 1 aromatic carbocycles. The van der Waals surface area contributed by atoms with Crippen molar-refractivity contribution in [2.45, 2.75) is 64.2 Å². The van der Waals surface area contributed by atoms with Crippen LogP contribution in [0.1, 0.15) is 73.3 Å². The van der Waals surface area contributed by atoms with Gasteiger partial charge in [0.1, 0.15) is 16.0 Å². The fraction of sp³-hybridized carbons (Fsp3) is 0.519. The number of rotatable bonds is 10. The van der Waals surface area contributed by atoms with Crippen LogP contribution in [0.3, 0.4) is 0 Å². The van der Waals surface area contributed by atoms with E-state index in [-0.39, 0.29) is 5.78 Å². The van der Waals surface area contributed by atoms with Gasteiger partial charge in [0.15, 0.2) is 5.78 Å². The first-order valence-corrected chi connectivity index (χ1v) is 14.4.